The maximum atomic E-state index is 12.6. The second-order valence-electron chi connectivity index (χ2n) is 5.89. The van der Waals surface area contributed by atoms with E-state index in [1.807, 2.05) is 18.2 Å². The van der Waals surface area contributed by atoms with Crippen molar-refractivity contribution in [1.29, 1.82) is 0 Å². The standard InChI is InChI=1S/C16H24N2O/c1-12(2)13-7-3-4-8-14(13)18-15(19)16(11-17)9-5-6-10-16/h3-4,7-8,12H,5-6,9-11,17H2,1-2H3,(H,18,19). The molecule has 1 aromatic carbocycles. The molecule has 1 aliphatic carbocycles. The maximum absolute atomic E-state index is 12.6. The molecule has 19 heavy (non-hydrogen) atoms. The van der Waals surface area contributed by atoms with Gasteiger partial charge in [0.15, 0.2) is 0 Å². The number of amides is 1. The molecule has 3 nitrogen and oxygen atoms in total. The summed E-state index contributed by atoms with van der Waals surface area (Å²) in [7, 11) is 0. The third kappa shape index (κ3) is 2.81. The molecule has 0 aromatic heterocycles. The fourth-order valence-electron chi connectivity index (χ4n) is 2.94. The lowest BCUT2D eigenvalue weighted by Gasteiger charge is -2.26. The van der Waals surface area contributed by atoms with Gasteiger partial charge in [-0.3, -0.25) is 4.79 Å². The molecule has 0 unspecified atom stereocenters. The van der Waals surface area contributed by atoms with Gasteiger partial charge in [0.25, 0.3) is 0 Å². The first-order valence-corrected chi connectivity index (χ1v) is 7.19. The summed E-state index contributed by atoms with van der Waals surface area (Å²) in [6, 6.07) is 8.03. The Morgan fingerprint density at radius 2 is 1.95 bits per heavy atom. The molecule has 0 atom stereocenters. The summed E-state index contributed by atoms with van der Waals surface area (Å²) in [4.78, 5) is 12.6. The fourth-order valence-corrected chi connectivity index (χ4v) is 2.94. The third-order valence-electron chi connectivity index (χ3n) is 4.26. The van der Waals surface area contributed by atoms with Crippen LogP contribution in [-0.2, 0) is 4.79 Å². The van der Waals surface area contributed by atoms with Gasteiger partial charge in [-0.25, -0.2) is 0 Å². The van der Waals surface area contributed by atoms with E-state index in [0.29, 0.717) is 12.5 Å². The highest BCUT2D eigenvalue weighted by Crippen LogP contribution is 2.38. The lowest BCUT2D eigenvalue weighted by molar-refractivity contribution is -0.124. The molecule has 3 N–H and O–H groups in total. The van der Waals surface area contributed by atoms with Crippen LogP contribution in [-0.4, -0.2) is 12.5 Å². The first-order chi connectivity index (χ1) is 9.09. The maximum Gasteiger partial charge on any atom is 0.231 e. The highest BCUT2D eigenvalue weighted by atomic mass is 16.2. The Morgan fingerprint density at radius 3 is 2.53 bits per heavy atom. The van der Waals surface area contributed by atoms with Crippen molar-refractivity contribution >= 4 is 11.6 Å². The Kier molecular flexibility index (Phi) is 4.25. The molecule has 1 aromatic rings. The van der Waals surface area contributed by atoms with E-state index in [1.54, 1.807) is 0 Å². The molecular formula is C16H24N2O. The number of carbonyl (C=O) groups is 1. The molecule has 1 fully saturated rings. The number of benzene rings is 1. The number of carbonyl (C=O) groups excluding carboxylic acids is 1. The summed E-state index contributed by atoms with van der Waals surface area (Å²) in [5, 5.41) is 3.11. The van der Waals surface area contributed by atoms with Gasteiger partial charge in [-0.1, -0.05) is 44.9 Å². The molecule has 0 saturated heterocycles. The first kappa shape index (κ1) is 14.1. The minimum absolute atomic E-state index is 0.0978. The predicted octanol–water partition coefficient (Wildman–Crippen LogP) is 3.27. The molecule has 104 valence electrons. The molecule has 2 rings (SSSR count). The van der Waals surface area contributed by atoms with Crippen molar-refractivity contribution in [2.75, 3.05) is 11.9 Å². The molecule has 1 saturated carbocycles. The third-order valence-corrected chi connectivity index (χ3v) is 4.26. The average Bonchev–Trinajstić information content (AvgIpc) is 2.89. The van der Waals surface area contributed by atoms with Crippen molar-refractivity contribution in [2.24, 2.45) is 11.1 Å². The predicted molar refractivity (Wildman–Crippen MR) is 79.1 cm³/mol. The molecule has 0 aliphatic heterocycles. The number of rotatable bonds is 4. The van der Waals surface area contributed by atoms with E-state index >= 15 is 0 Å². The van der Waals surface area contributed by atoms with Crippen LogP contribution in [0.1, 0.15) is 51.0 Å². The topological polar surface area (TPSA) is 55.1 Å². The van der Waals surface area contributed by atoms with Crippen molar-refractivity contribution in [2.45, 2.75) is 45.4 Å². The minimum Gasteiger partial charge on any atom is -0.329 e. The largest absolute Gasteiger partial charge is 0.329 e. The van der Waals surface area contributed by atoms with Crippen LogP contribution in [0, 0.1) is 5.41 Å². The number of nitrogens with two attached hydrogens (primary N) is 1. The second kappa shape index (κ2) is 5.74. The molecule has 3 heteroatoms. The molecule has 0 radical (unpaired) electrons. The van der Waals surface area contributed by atoms with E-state index in [0.717, 1.165) is 31.4 Å². The van der Waals surface area contributed by atoms with E-state index in [-0.39, 0.29) is 11.3 Å². The Morgan fingerprint density at radius 1 is 1.32 bits per heavy atom. The molecule has 0 bridgehead atoms. The first-order valence-electron chi connectivity index (χ1n) is 7.19. The summed E-state index contributed by atoms with van der Waals surface area (Å²) in [5.41, 5.74) is 7.63. The Balaban J connectivity index is 2.19. The van der Waals surface area contributed by atoms with E-state index < -0.39 is 0 Å². The number of para-hydroxylation sites is 1. The highest BCUT2D eigenvalue weighted by Gasteiger charge is 2.39. The van der Waals surface area contributed by atoms with Gasteiger partial charge in [0.05, 0.1) is 5.41 Å². The van der Waals surface area contributed by atoms with Crippen LogP contribution in [0.5, 0.6) is 0 Å². The van der Waals surface area contributed by atoms with E-state index in [9.17, 15) is 4.79 Å². The number of hydrogen-bond donors (Lipinski definition) is 2. The van der Waals surface area contributed by atoms with E-state index in [1.165, 1.54) is 5.56 Å². The Bertz CT molecular complexity index is 448. The average molecular weight is 260 g/mol. The number of hydrogen-bond acceptors (Lipinski definition) is 2. The van der Waals surface area contributed by atoms with Gasteiger partial charge in [0, 0.05) is 12.2 Å². The van der Waals surface area contributed by atoms with Gasteiger partial charge in [0.1, 0.15) is 0 Å². The quantitative estimate of drug-likeness (QED) is 0.873. The van der Waals surface area contributed by atoms with Crippen LogP contribution >= 0.6 is 0 Å². The monoisotopic (exact) mass is 260 g/mol. The number of nitrogens with one attached hydrogen (secondary N) is 1. The van der Waals surface area contributed by atoms with Crippen molar-refractivity contribution < 1.29 is 4.79 Å². The van der Waals surface area contributed by atoms with Gasteiger partial charge in [-0.15, -0.1) is 0 Å². The molecule has 1 aliphatic rings. The summed E-state index contributed by atoms with van der Waals surface area (Å²) in [5.74, 6) is 0.495. The van der Waals surface area contributed by atoms with Crippen LogP contribution in [0.25, 0.3) is 0 Å². The van der Waals surface area contributed by atoms with Crippen molar-refractivity contribution in [1.82, 2.24) is 0 Å². The van der Waals surface area contributed by atoms with Gasteiger partial charge >= 0.3 is 0 Å². The summed E-state index contributed by atoms with van der Waals surface area (Å²) >= 11 is 0. The molecule has 0 heterocycles. The zero-order valence-corrected chi connectivity index (χ0v) is 11.9. The minimum atomic E-state index is -0.343. The Labute approximate surface area is 115 Å². The van der Waals surface area contributed by atoms with Crippen molar-refractivity contribution in [3.05, 3.63) is 29.8 Å². The van der Waals surface area contributed by atoms with E-state index in [2.05, 4.69) is 25.2 Å². The molecule has 0 spiro atoms. The lowest BCUT2D eigenvalue weighted by Crippen LogP contribution is -2.40. The molecular weight excluding hydrogens is 236 g/mol. The van der Waals surface area contributed by atoms with Crippen LogP contribution in [0.15, 0.2) is 24.3 Å². The van der Waals surface area contributed by atoms with Gasteiger partial charge < -0.3 is 11.1 Å². The van der Waals surface area contributed by atoms with Crippen LogP contribution in [0.4, 0.5) is 5.69 Å². The van der Waals surface area contributed by atoms with Gasteiger partial charge in [-0.05, 0) is 30.4 Å². The molecule has 1 amide bonds. The van der Waals surface area contributed by atoms with E-state index in [4.69, 9.17) is 5.73 Å². The SMILES string of the molecule is CC(C)c1ccccc1NC(=O)C1(CN)CCCC1. The van der Waals surface area contributed by atoms with Crippen molar-refractivity contribution in [3.8, 4) is 0 Å². The fraction of sp³-hybridized carbons (Fsp3) is 0.562. The number of anilines is 1. The van der Waals surface area contributed by atoms with Crippen molar-refractivity contribution in [3.63, 3.8) is 0 Å². The second-order valence-corrected chi connectivity index (χ2v) is 5.89. The summed E-state index contributed by atoms with van der Waals surface area (Å²) < 4.78 is 0. The summed E-state index contributed by atoms with van der Waals surface area (Å²) in [6.45, 7) is 4.72. The highest BCUT2D eigenvalue weighted by molar-refractivity contribution is 5.96. The Hall–Kier alpha value is -1.35. The smallest absolute Gasteiger partial charge is 0.231 e. The van der Waals surface area contributed by atoms with Crippen LogP contribution < -0.4 is 11.1 Å². The van der Waals surface area contributed by atoms with Crippen LogP contribution in [0.2, 0.25) is 0 Å². The van der Waals surface area contributed by atoms with Gasteiger partial charge in [0.2, 0.25) is 5.91 Å². The normalized spacial score (nSPS) is 17.7. The zero-order chi connectivity index (χ0) is 13.9. The zero-order valence-electron chi connectivity index (χ0n) is 11.9. The summed E-state index contributed by atoms with van der Waals surface area (Å²) in [6.07, 6.45) is 4.05. The lowest BCUT2D eigenvalue weighted by atomic mass is 9.85. The van der Waals surface area contributed by atoms with Gasteiger partial charge in [-0.2, -0.15) is 0 Å². The van der Waals surface area contributed by atoms with Crippen LogP contribution in [0.3, 0.4) is 0 Å².